The van der Waals surface area contributed by atoms with Gasteiger partial charge in [-0.15, -0.1) is 11.3 Å². The van der Waals surface area contributed by atoms with E-state index in [0.717, 1.165) is 11.3 Å². The van der Waals surface area contributed by atoms with Crippen LogP contribution < -0.4 is 0 Å². The lowest BCUT2D eigenvalue weighted by molar-refractivity contribution is 0.0341. The number of aliphatic hydroxyl groups excluding tert-OH is 2. The lowest BCUT2D eigenvalue weighted by atomic mass is 10.2. The highest BCUT2D eigenvalue weighted by molar-refractivity contribution is 9.09. The summed E-state index contributed by atoms with van der Waals surface area (Å²) in [5.74, 6) is -0.466. The third kappa shape index (κ3) is 3.24. The number of rotatable bonds is 5. The summed E-state index contributed by atoms with van der Waals surface area (Å²) >= 11 is 4.06. The first-order chi connectivity index (χ1) is 7.60. The molecule has 90 valence electrons. The summed E-state index contributed by atoms with van der Waals surface area (Å²) in [6.45, 7) is 2.00. The Balaban J connectivity index is 2.74. The number of nitrogens with zero attached hydrogens (tertiary/aromatic N) is 1. The molecule has 0 aliphatic rings. The van der Waals surface area contributed by atoms with Crippen molar-refractivity contribution in [3.63, 3.8) is 0 Å². The van der Waals surface area contributed by atoms with Gasteiger partial charge in [0.1, 0.15) is 16.0 Å². The Bertz CT molecular complexity index is 357. The molecule has 5 nitrogen and oxygen atoms in total. The van der Waals surface area contributed by atoms with Crippen LogP contribution in [0.5, 0.6) is 0 Å². The van der Waals surface area contributed by atoms with Gasteiger partial charge in [-0.05, 0) is 6.92 Å². The van der Waals surface area contributed by atoms with Crippen molar-refractivity contribution in [3.8, 4) is 0 Å². The number of aliphatic hydroxyl groups is 2. The van der Waals surface area contributed by atoms with Crippen molar-refractivity contribution < 1.29 is 19.7 Å². The molecule has 0 spiro atoms. The Hall–Kier alpha value is -0.500. The summed E-state index contributed by atoms with van der Waals surface area (Å²) in [6.07, 6.45) is -0.698. The van der Waals surface area contributed by atoms with E-state index in [0.29, 0.717) is 16.5 Å². The monoisotopic (exact) mass is 309 g/mol. The molecule has 0 fully saturated rings. The van der Waals surface area contributed by atoms with E-state index in [2.05, 4.69) is 20.9 Å². The molecule has 0 amide bonds. The van der Waals surface area contributed by atoms with E-state index in [-0.39, 0.29) is 5.33 Å². The molecule has 2 N–H and O–H groups in total. The van der Waals surface area contributed by atoms with Crippen LogP contribution in [-0.4, -0.2) is 39.2 Å². The topological polar surface area (TPSA) is 79.7 Å². The summed E-state index contributed by atoms with van der Waals surface area (Å²) in [5, 5.41) is 19.6. The minimum atomic E-state index is -1.09. The SMILES string of the molecule is CCOC(=O)c1cnc(C(O)C(O)CBr)s1. The predicted molar refractivity (Wildman–Crippen MR) is 62.8 cm³/mol. The Morgan fingerprint density at radius 3 is 2.94 bits per heavy atom. The van der Waals surface area contributed by atoms with Gasteiger partial charge in [0.05, 0.1) is 18.9 Å². The smallest absolute Gasteiger partial charge is 0.349 e. The van der Waals surface area contributed by atoms with Crippen LogP contribution in [0, 0.1) is 0 Å². The minimum absolute atomic E-state index is 0.239. The zero-order valence-corrected chi connectivity index (χ0v) is 11.0. The van der Waals surface area contributed by atoms with Crippen molar-refractivity contribution in [2.45, 2.75) is 19.1 Å². The molecular formula is C9H12BrNO4S. The van der Waals surface area contributed by atoms with E-state index in [9.17, 15) is 15.0 Å². The van der Waals surface area contributed by atoms with Gasteiger partial charge in [-0.1, -0.05) is 15.9 Å². The van der Waals surface area contributed by atoms with Crippen LogP contribution in [0.3, 0.4) is 0 Å². The largest absolute Gasteiger partial charge is 0.462 e. The Kier molecular flexibility index (Phi) is 5.33. The van der Waals surface area contributed by atoms with Gasteiger partial charge in [0.2, 0.25) is 0 Å². The maximum atomic E-state index is 11.3. The van der Waals surface area contributed by atoms with Crippen LogP contribution in [0.2, 0.25) is 0 Å². The molecule has 0 aliphatic heterocycles. The molecule has 0 bridgehead atoms. The van der Waals surface area contributed by atoms with Gasteiger partial charge < -0.3 is 14.9 Å². The van der Waals surface area contributed by atoms with Crippen molar-refractivity contribution in [1.82, 2.24) is 4.98 Å². The Morgan fingerprint density at radius 2 is 2.38 bits per heavy atom. The predicted octanol–water partition coefficient (Wildman–Crippen LogP) is 1.11. The number of carbonyl (C=O) groups excluding carboxylic acids is 1. The fourth-order valence-electron chi connectivity index (χ4n) is 0.970. The molecule has 0 saturated carbocycles. The van der Waals surface area contributed by atoms with Crippen LogP contribution in [0.4, 0.5) is 0 Å². The standard InChI is InChI=1S/C9H12BrNO4S/c1-2-15-9(14)6-4-11-8(16-6)7(13)5(12)3-10/h4-5,7,12-13H,2-3H2,1H3. The Morgan fingerprint density at radius 1 is 1.69 bits per heavy atom. The maximum Gasteiger partial charge on any atom is 0.349 e. The molecule has 1 aromatic rings. The van der Waals surface area contributed by atoms with Crippen molar-refractivity contribution in [2.75, 3.05) is 11.9 Å². The minimum Gasteiger partial charge on any atom is -0.462 e. The third-order valence-electron chi connectivity index (χ3n) is 1.78. The Labute approximate surface area is 105 Å². The number of aromatic nitrogens is 1. The van der Waals surface area contributed by atoms with Crippen molar-refractivity contribution in [3.05, 3.63) is 16.1 Å². The molecular weight excluding hydrogens is 298 g/mol. The first kappa shape index (κ1) is 13.6. The number of hydrogen-bond acceptors (Lipinski definition) is 6. The van der Waals surface area contributed by atoms with E-state index >= 15 is 0 Å². The van der Waals surface area contributed by atoms with Crippen molar-refractivity contribution in [2.24, 2.45) is 0 Å². The average Bonchev–Trinajstić information content (AvgIpc) is 2.76. The second-order valence-corrected chi connectivity index (χ2v) is 4.66. The highest BCUT2D eigenvalue weighted by atomic mass is 79.9. The number of hydrogen-bond donors (Lipinski definition) is 2. The van der Waals surface area contributed by atoms with Crippen LogP contribution in [0.25, 0.3) is 0 Å². The number of carbonyl (C=O) groups is 1. The molecule has 16 heavy (non-hydrogen) atoms. The molecule has 1 rings (SSSR count). The summed E-state index contributed by atoms with van der Waals surface area (Å²) in [6, 6.07) is 0. The van der Waals surface area contributed by atoms with Gasteiger partial charge in [-0.25, -0.2) is 9.78 Å². The van der Waals surface area contributed by atoms with E-state index in [4.69, 9.17) is 4.74 Å². The second kappa shape index (κ2) is 6.29. The maximum absolute atomic E-state index is 11.3. The first-order valence-corrected chi connectivity index (χ1v) is 6.58. The highest BCUT2D eigenvalue weighted by Gasteiger charge is 2.22. The molecule has 0 saturated heterocycles. The summed E-state index contributed by atoms with van der Waals surface area (Å²) in [5.41, 5.74) is 0. The number of halogens is 1. The van der Waals surface area contributed by atoms with E-state index < -0.39 is 18.2 Å². The van der Waals surface area contributed by atoms with E-state index in [1.165, 1.54) is 6.20 Å². The zero-order valence-electron chi connectivity index (χ0n) is 8.59. The molecule has 7 heteroatoms. The van der Waals surface area contributed by atoms with Crippen molar-refractivity contribution >= 4 is 33.2 Å². The van der Waals surface area contributed by atoms with Crippen LogP contribution >= 0.6 is 27.3 Å². The number of esters is 1. The summed E-state index contributed by atoms with van der Waals surface area (Å²) in [4.78, 5) is 15.5. The fourth-order valence-corrected chi connectivity index (χ4v) is 2.18. The van der Waals surface area contributed by atoms with E-state index in [1.54, 1.807) is 6.92 Å². The van der Waals surface area contributed by atoms with Gasteiger partial charge in [-0.2, -0.15) is 0 Å². The number of thiazole rings is 1. The second-order valence-electron chi connectivity index (χ2n) is 2.95. The summed E-state index contributed by atoms with van der Waals surface area (Å²) < 4.78 is 4.79. The van der Waals surface area contributed by atoms with Gasteiger partial charge in [0, 0.05) is 5.33 Å². The molecule has 0 aliphatic carbocycles. The molecule has 2 unspecified atom stereocenters. The molecule has 2 atom stereocenters. The zero-order chi connectivity index (χ0) is 12.1. The van der Waals surface area contributed by atoms with Crippen LogP contribution in [0.1, 0.15) is 27.7 Å². The molecule has 1 aromatic heterocycles. The average molecular weight is 310 g/mol. The molecule has 0 aromatic carbocycles. The number of alkyl halides is 1. The fraction of sp³-hybridized carbons (Fsp3) is 0.556. The summed E-state index contributed by atoms with van der Waals surface area (Å²) in [7, 11) is 0. The lowest BCUT2D eigenvalue weighted by Crippen LogP contribution is -2.19. The normalized spacial score (nSPS) is 14.5. The first-order valence-electron chi connectivity index (χ1n) is 4.65. The quantitative estimate of drug-likeness (QED) is 0.629. The lowest BCUT2D eigenvalue weighted by Gasteiger charge is -2.11. The van der Waals surface area contributed by atoms with Crippen LogP contribution in [0.15, 0.2) is 6.20 Å². The van der Waals surface area contributed by atoms with Gasteiger partial charge in [0.15, 0.2) is 0 Å². The third-order valence-corrected chi connectivity index (χ3v) is 3.49. The van der Waals surface area contributed by atoms with Gasteiger partial charge in [-0.3, -0.25) is 0 Å². The van der Waals surface area contributed by atoms with Gasteiger partial charge >= 0.3 is 5.97 Å². The molecule has 0 radical (unpaired) electrons. The van der Waals surface area contributed by atoms with E-state index in [1.807, 2.05) is 0 Å². The highest BCUT2D eigenvalue weighted by Crippen LogP contribution is 2.24. The molecule has 1 heterocycles. The van der Waals surface area contributed by atoms with Crippen LogP contribution in [-0.2, 0) is 4.74 Å². The van der Waals surface area contributed by atoms with Crippen molar-refractivity contribution in [1.29, 1.82) is 0 Å². The van der Waals surface area contributed by atoms with Gasteiger partial charge in [0.25, 0.3) is 0 Å². The number of ether oxygens (including phenoxy) is 1.